The fraction of sp³-hybridized carbons (Fsp3) is 0.471. The summed E-state index contributed by atoms with van der Waals surface area (Å²) in [5.74, 6) is 1.14. The molecule has 0 aliphatic carbocycles. The van der Waals surface area contributed by atoms with Crippen LogP contribution in [0, 0.1) is 0 Å². The predicted molar refractivity (Wildman–Crippen MR) is 88.7 cm³/mol. The van der Waals surface area contributed by atoms with E-state index >= 15 is 0 Å². The van der Waals surface area contributed by atoms with Crippen molar-refractivity contribution >= 4 is 11.6 Å². The van der Waals surface area contributed by atoms with Crippen LogP contribution in [0.1, 0.15) is 44.1 Å². The maximum atomic E-state index is 5.99. The molecule has 1 aromatic heterocycles. The minimum atomic E-state index is 0.278. The van der Waals surface area contributed by atoms with E-state index in [-0.39, 0.29) is 6.04 Å². The number of benzene rings is 1. The van der Waals surface area contributed by atoms with Crippen LogP contribution in [0.15, 0.2) is 36.7 Å². The van der Waals surface area contributed by atoms with Gasteiger partial charge in [0, 0.05) is 36.4 Å². The van der Waals surface area contributed by atoms with Crippen molar-refractivity contribution in [3.05, 3.63) is 53.1 Å². The minimum absolute atomic E-state index is 0.278. The lowest BCUT2D eigenvalue weighted by atomic mass is 10.0. The molecule has 4 heteroatoms. The summed E-state index contributed by atoms with van der Waals surface area (Å²) in [6.07, 6.45) is 7.10. The Bertz CT molecular complexity index is 533. The van der Waals surface area contributed by atoms with Crippen molar-refractivity contribution in [2.24, 2.45) is 0 Å². The second kappa shape index (κ2) is 8.20. The molecule has 0 aliphatic heterocycles. The zero-order valence-corrected chi connectivity index (χ0v) is 13.6. The van der Waals surface area contributed by atoms with Crippen LogP contribution >= 0.6 is 11.6 Å². The second-order valence-electron chi connectivity index (χ2n) is 5.30. The average molecular weight is 306 g/mol. The summed E-state index contributed by atoms with van der Waals surface area (Å²) >= 11 is 5.99. The molecule has 1 N–H and O–H groups in total. The Hall–Kier alpha value is -1.32. The third-order valence-corrected chi connectivity index (χ3v) is 3.82. The first kappa shape index (κ1) is 16.1. The average Bonchev–Trinajstić information content (AvgIpc) is 2.92. The van der Waals surface area contributed by atoms with Gasteiger partial charge in [-0.15, -0.1) is 0 Å². The van der Waals surface area contributed by atoms with Crippen molar-refractivity contribution in [2.45, 2.75) is 45.7 Å². The molecule has 0 amide bonds. The molecule has 2 aromatic rings. The van der Waals surface area contributed by atoms with E-state index in [2.05, 4.69) is 47.0 Å². The fourth-order valence-electron chi connectivity index (χ4n) is 2.48. The second-order valence-corrected chi connectivity index (χ2v) is 5.74. The number of imidazole rings is 1. The van der Waals surface area contributed by atoms with E-state index in [4.69, 9.17) is 11.6 Å². The first-order valence-electron chi connectivity index (χ1n) is 7.73. The van der Waals surface area contributed by atoms with Gasteiger partial charge in [0.25, 0.3) is 0 Å². The van der Waals surface area contributed by atoms with E-state index in [1.165, 1.54) is 5.56 Å². The molecule has 0 radical (unpaired) electrons. The summed E-state index contributed by atoms with van der Waals surface area (Å²) in [5.41, 5.74) is 1.26. The van der Waals surface area contributed by atoms with E-state index in [1.54, 1.807) is 0 Å². The van der Waals surface area contributed by atoms with Crippen molar-refractivity contribution < 1.29 is 0 Å². The molecule has 114 valence electrons. The monoisotopic (exact) mass is 305 g/mol. The van der Waals surface area contributed by atoms with Gasteiger partial charge < -0.3 is 9.88 Å². The molecule has 0 spiro atoms. The molecular weight excluding hydrogens is 282 g/mol. The Morgan fingerprint density at radius 3 is 2.62 bits per heavy atom. The zero-order valence-electron chi connectivity index (χ0n) is 12.8. The van der Waals surface area contributed by atoms with E-state index in [0.717, 1.165) is 43.2 Å². The van der Waals surface area contributed by atoms with Crippen LogP contribution < -0.4 is 5.32 Å². The molecule has 0 bridgehead atoms. The molecule has 2 rings (SSSR count). The van der Waals surface area contributed by atoms with Crippen LogP contribution in [-0.2, 0) is 13.0 Å². The Morgan fingerprint density at radius 1 is 1.19 bits per heavy atom. The third-order valence-electron chi connectivity index (χ3n) is 3.57. The van der Waals surface area contributed by atoms with Crippen molar-refractivity contribution in [1.29, 1.82) is 0 Å². The standard InChI is InChI=1S/C17H24ClN3/c1-3-9-19-16(14-5-7-15(18)8-6-14)13-17-20-10-12-21(17)11-4-2/h5-8,10,12,16,19H,3-4,9,11,13H2,1-2H3. The van der Waals surface area contributed by atoms with Crippen LogP contribution in [-0.4, -0.2) is 16.1 Å². The molecule has 0 aliphatic rings. The molecule has 1 heterocycles. The maximum Gasteiger partial charge on any atom is 0.110 e. The van der Waals surface area contributed by atoms with Crippen LogP contribution in [0.4, 0.5) is 0 Å². The summed E-state index contributed by atoms with van der Waals surface area (Å²) in [4.78, 5) is 4.52. The molecule has 21 heavy (non-hydrogen) atoms. The molecular formula is C17H24ClN3. The quantitative estimate of drug-likeness (QED) is 0.791. The summed E-state index contributed by atoms with van der Waals surface area (Å²) in [5, 5.41) is 4.39. The first-order valence-corrected chi connectivity index (χ1v) is 8.11. The highest BCUT2D eigenvalue weighted by Gasteiger charge is 2.14. The lowest BCUT2D eigenvalue weighted by molar-refractivity contribution is 0.502. The molecule has 0 fully saturated rings. The molecule has 3 nitrogen and oxygen atoms in total. The highest BCUT2D eigenvalue weighted by Crippen LogP contribution is 2.20. The van der Waals surface area contributed by atoms with Crippen LogP contribution in [0.25, 0.3) is 0 Å². The molecule has 0 saturated carbocycles. The van der Waals surface area contributed by atoms with Crippen LogP contribution in [0.2, 0.25) is 5.02 Å². The van der Waals surface area contributed by atoms with Crippen LogP contribution in [0.3, 0.4) is 0 Å². The fourth-order valence-corrected chi connectivity index (χ4v) is 2.60. The van der Waals surface area contributed by atoms with Crippen molar-refractivity contribution in [2.75, 3.05) is 6.54 Å². The number of aryl methyl sites for hydroxylation is 1. The van der Waals surface area contributed by atoms with Gasteiger partial charge in [-0.3, -0.25) is 0 Å². The summed E-state index contributed by atoms with van der Waals surface area (Å²) in [6, 6.07) is 8.39. The summed E-state index contributed by atoms with van der Waals surface area (Å²) in [6.45, 7) is 6.40. The van der Waals surface area contributed by atoms with E-state index in [1.807, 2.05) is 18.3 Å². The number of rotatable bonds is 8. The van der Waals surface area contributed by atoms with Gasteiger partial charge >= 0.3 is 0 Å². The van der Waals surface area contributed by atoms with E-state index in [9.17, 15) is 0 Å². The van der Waals surface area contributed by atoms with Crippen molar-refractivity contribution in [1.82, 2.24) is 14.9 Å². The van der Waals surface area contributed by atoms with Gasteiger partial charge in [-0.25, -0.2) is 4.98 Å². The number of halogens is 1. The van der Waals surface area contributed by atoms with Crippen LogP contribution in [0.5, 0.6) is 0 Å². The van der Waals surface area contributed by atoms with Gasteiger partial charge in [0.05, 0.1) is 0 Å². The minimum Gasteiger partial charge on any atom is -0.335 e. The summed E-state index contributed by atoms with van der Waals surface area (Å²) in [7, 11) is 0. The Kier molecular flexibility index (Phi) is 6.27. The van der Waals surface area contributed by atoms with E-state index in [0.29, 0.717) is 0 Å². The lowest BCUT2D eigenvalue weighted by Gasteiger charge is -2.19. The Morgan fingerprint density at radius 2 is 1.95 bits per heavy atom. The molecule has 1 unspecified atom stereocenters. The largest absolute Gasteiger partial charge is 0.335 e. The SMILES string of the molecule is CCCNC(Cc1nccn1CCC)c1ccc(Cl)cc1. The zero-order chi connectivity index (χ0) is 15.1. The number of aromatic nitrogens is 2. The predicted octanol–water partition coefficient (Wildman–Crippen LogP) is 4.23. The first-order chi connectivity index (χ1) is 10.2. The van der Waals surface area contributed by atoms with Crippen molar-refractivity contribution in [3.63, 3.8) is 0 Å². The van der Waals surface area contributed by atoms with Gasteiger partial charge in [-0.05, 0) is 37.1 Å². The van der Waals surface area contributed by atoms with Gasteiger partial charge in [0.15, 0.2) is 0 Å². The number of hydrogen-bond donors (Lipinski definition) is 1. The highest BCUT2D eigenvalue weighted by atomic mass is 35.5. The Balaban J connectivity index is 2.15. The highest BCUT2D eigenvalue weighted by molar-refractivity contribution is 6.30. The molecule has 1 atom stereocenters. The number of hydrogen-bond acceptors (Lipinski definition) is 2. The Labute approximate surface area is 132 Å². The number of nitrogens with one attached hydrogen (secondary N) is 1. The van der Waals surface area contributed by atoms with Gasteiger partial charge in [0.1, 0.15) is 5.82 Å². The number of nitrogens with zero attached hydrogens (tertiary/aromatic N) is 2. The lowest BCUT2D eigenvalue weighted by Crippen LogP contribution is -2.25. The van der Waals surface area contributed by atoms with Crippen molar-refractivity contribution in [3.8, 4) is 0 Å². The third kappa shape index (κ3) is 4.58. The topological polar surface area (TPSA) is 29.9 Å². The van der Waals surface area contributed by atoms with Gasteiger partial charge in [-0.2, -0.15) is 0 Å². The normalized spacial score (nSPS) is 12.5. The van der Waals surface area contributed by atoms with Gasteiger partial charge in [0.2, 0.25) is 0 Å². The van der Waals surface area contributed by atoms with Gasteiger partial charge in [-0.1, -0.05) is 37.6 Å². The summed E-state index contributed by atoms with van der Waals surface area (Å²) < 4.78 is 2.25. The molecule has 1 aromatic carbocycles. The van der Waals surface area contributed by atoms with E-state index < -0.39 is 0 Å². The molecule has 0 saturated heterocycles. The smallest absolute Gasteiger partial charge is 0.110 e. The maximum absolute atomic E-state index is 5.99.